The quantitative estimate of drug-likeness (QED) is 0.615. The molecule has 15 heavy (non-hydrogen) atoms. The van der Waals surface area contributed by atoms with Gasteiger partial charge in [0, 0.05) is 11.1 Å². The van der Waals surface area contributed by atoms with Crippen molar-refractivity contribution in [1.82, 2.24) is 15.0 Å². The molecule has 2 heterocycles. The normalized spacial score (nSPS) is 10.6. The first-order chi connectivity index (χ1) is 7.15. The lowest BCUT2D eigenvalue weighted by Crippen LogP contribution is -1.90. The van der Waals surface area contributed by atoms with E-state index in [9.17, 15) is 4.39 Å². The van der Waals surface area contributed by atoms with Crippen molar-refractivity contribution in [1.29, 1.82) is 0 Å². The Bertz CT molecular complexity index is 488. The third kappa shape index (κ3) is 2.64. The molecule has 2 aromatic heterocycles. The smallest absolute Gasteiger partial charge is 0.235 e. The predicted octanol–water partition coefficient (Wildman–Crippen LogP) is 3.19. The number of hydrogen-bond donors (Lipinski definition) is 0. The van der Waals surface area contributed by atoms with Gasteiger partial charge in [-0.2, -0.15) is 9.37 Å². The van der Waals surface area contributed by atoms with Crippen molar-refractivity contribution >= 4 is 34.7 Å². The van der Waals surface area contributed by atoms with Gasteiger partial charge in [0.25, 0.3) is 0 Å². The number of aromatic nitrogens is 3. The minimum Gasteiger partial charge on any atom is -0.235 e. The fraction of sp³-hybridized carbons (Fsp3) is 0.125. The molecule has 0 N–H and O–H groups in total. The van der Waals surface area contributed by atoms with Crippen LogP contribution in [-0.2, 0) is 0 Å². The summed E-state index contributed by atoms with van der Waals surface area (Å²) in [7, 11) is 0. The highest BCUT2D eigenvalue weighted by Crippen LogP contribution is 2.32. The molecule has 3 nitrogen and oxygen atoms in total. The zero-order valence-corrected chi connectivity index (χ0v) is 9.96. The van der Waals surface area contributed by atoms with E-state index in [2.05, 4.69) is 15.0 Å². The van der Waals surface area contributed by atoms with Gasteiger partial charge in [-0.3, -0.25) is 0 Å². The van der Waals surface area contributed by atoms with Gasteiger partial charge in [-0.25, -0.2) is 9.97 Å². The summed E-state index contributed by atoms with van der Waals surface area (Å²) in [6.45, 7) is 1.89. The van der Waals surface area contributed by atoms with Gasteiger partial charge in [0.05, 0.1) is 11.2 Å². The molecule has 0 atom stereocenters. The fourth-order valence-corrected chi connectivity index (χ4v) is 2.79. The van der Waals surface area contributed by atoms with E-state index in [-0.39, 0.29) is 0 Å². The van der Waals surface area contributed by atoms with E-state index < -0.39 is 6.08 Å². The zero-order chi connectivity index (χ0) is 10.8. The van der Waals surface area contributed by atoms with E-state index in [4.69, 9.17) is 11.6 Å². The highest BCUT2D eigenvalue weighted by atomic mass is 35.5. The van der Waals surface area contributed by atoms with Crippen LogP contribution in [-0.4, -0.2) is 15.0 Å². The van der Waals surface area contributed by atoms with Gasteiger partial charge in [0.2, 0.25) is 0 Å². The van der Waals surface area contributed by atoms with Crippen LogP contribution in [0.1, 0.15) is 5.69 Å². The van der Waals surface area contributed by atoms with E-state index in [1.165, 1.54) is 29.3 Å². The minimum atomic E-state index is -0.782. The maximum absolute atomic E-state index is 12.7. The van der Waals surface area contributed by atoms with Crippen molar-refractivity contribution in [2.45, 2.75) is 16.3 Å². The Balaban J connectivity index is 2.27. The Hall–Kier alpha value is -0.720. The van der Waals surface area contributed by atoms with Gasteiger partial charge in [-0.15, -0.1) is 11.3 Å². The molecule has 7 heteroatoms. The number of rotatable bonds is 2. The lowest BCUT2D eigenvalue weighted by atomic mass is 10.6. The number of aryl methyl sites for hydroxylation is 1. The van der Waals surface area contributed by atoms with Crippen molar-refractivity contribution in [2.24, 2.45) is 0 Å². The van der Waals surface area contributed by atoms with E-state index in [1.807, 2.05) is 12.3 Å². The van der Waals surface area contributed by atoms with Crippen molar-refractivity contribution < 1.29 is 4.39 Å². The Kier molecular flexibility index (Phi) is 3.18. The van der Waals surface area contributed by atoms with E-state index in [1.54, 1.807) is 0 Å². The van der Waals surface area contributed by atoms with Gasteiger partial charge in [-0.1, -0.05) is 11.6 Å². The van der Waals surface area contributed by atoms with Crippen molar-refractivity contribution in [3.05, 3.63) is 28.4 Å². The van der Waals surface area contributed by atoms with Crippen LogP contribution in [0.5, 0.6) is 0 Å². The highest BCUT2D eigenvalue weighted by molar-refractivity contribution is 8.01. The van der Waals surface area contributed by atoms with Crippen LogP contribution < -0.4 is 0 Å². The lowest BCUT2D eigenvalue weighted by Gasteiger charge is -1.98. The Morgan fingerprint density at radius 2 is 2.27 bits per heavy atom. The summed E-state index contributed by atoms with van der Waals surface area (Å²) >= 11 is 8.52. The second-order valence-electron chi connectivity index (χ2n) is 2.65. The third-order valence-corrected chi connectivity index (χ3v) is 3.91. The van der Waals surface area contributed by atoms with Crippen LogP contribution in [0.25, 0.3) is 0 Å². The van der Waals surface area contributed by atoms with E-state index in [0.717, 1.165) is 10.0 Å². The summed E-state index contributed by atoms with van der Waals surface area (Å²) in [5, 5.41) is 2.63. The van der Waals surface area contributed by atoms with Gasteiger partial charge < -0.3 is 0 Å². The molecule has 0 unspecified atom stereocenters. The molecule has 0 spiro atoms. The molecular formula is C8H5ClFN3S2. The van der Waals surface area contributed by atoms with Crippen molar-refractivity contribution in [3.63, 3.8) is 0 Å². The van der Waals surface area contributed by atoms with Crippen molar-refractivity contribution in [2.75, 3.05) is 0 Å². The molecule has 2 aromatic rings. The fourth-order valence-electron chi connectivity index (χ4n) is 0.865. The molecule has 0 amide bonds. The molecule has 0 aliphatic carbocycles. The molecule has 0 saturated heterocycles. The number of hydrogen-bond acceptors (Lipinski definition) is 5. The lowest BCUT2D eigenvalue weighted by molar-refractivity contribution is 0.527. The maximum Gasteiger partial charge on any atom is 0.309 e. The van der Waals surface area contributed by atoms with Gasteiger partial charge in [-0.05, 0) is 18.7 Å². The first-order valence-corrected chi connectivity index (χ1v) is 6.00. The minimum absolute atomic E-state index is 0.328. The summed E-state index contributed by atoms with van der Waals surface area (Å²) in [6.07, 6.45) is 0.461. The molecule has 0 bridgehead atoms. The van der Waals surface area contributed by atoms with Crippen LogP contribution in [0, 0.1) is 13.0 Å². The van der Waals surface area contributed by atoms with Crippen LogP contribution >= 0.6 is 34.7 Å². The van der Waals surface area contributed by atoms with Gasteiger partial charge in [0.1, 0.15) is 5.03 Å². The predicted molar refractivity (Wildman–Crippen MR) is 58.0 cm³/mol. The molecule has 0 aromatic carbocycles. The van der Waals surface area contributed by atoms with E-state index >= 15 is 0 Å². The van der Waals surface area contributed by atoms with Crippen LogP contribution in [0.2, 0.25) is 5.02 Å². The summed E-state index contributed by atoms with van der Waals surface area (Å²) in [5.41, 5.74) is 0.924. The summed E-state index contributed by atoms with van der Waals surface area (Å²) in [6, 6.07) is 0. The maximum atomic E-state index is 12.7. The molecular weight excluding hydrogens is 257 g/mol. The molecule has 2 rings (SSSR count). The summed E-state index contributed by atoms with van der Waals surface area (Å²) in [5.74, 6) is 0. The first-order valence-electron chi connectivity index (χ1n) is 3.93. The average Bonchev–Trinajstić information content (AvgIpc) is 2.58. The Labute approximate surface area is 98.7 Å². The molecule has 0 aliphatic heterocycles. The largest absolute Gasteiger partial charge is 0.309 e. The van der Waals surface area contributed by atoms with Gasteiger partial charge in [0.15, 0.2) is 4.34 Å². The standard InChI is InChI=1S/C8H5ClFN3S2/c1-4-3-14-8(12-4)15-6-5(9)2-11-7(10)13-6/h2-3H,1H3. The topological polar surface area (TPSA) is 38.7 Å². The Morgan fingerprint density at radius 1 is 1.47 bits per heavy atom. The SMILES string of the molecule is Cc1csc(Sc2nc(F)ncc2Cl)n1. The second kappa shape index (κ2) is 4.42. The second-order valence-corrected chi connectivity index (χ2v) is 5.15. The first kappa shape index (κ1) is 10.8. The van der Waals surface area contributed by atoms with Crippen LogP contribution in [0.15, 0.2) is 20.9 Å². The Morgan fingerprint density at radius 3 is 2.93 bits per heavy atom. The number of halogens is 2. The van der Waals surface area contributed by atoms with Crippen LogP contribution in [0.3, 0.4) is 0 Å². The van der Waals surface area contributed by atoms with E-state index in [0.29, 0.717) is 10.0 Å². The highest BCUT2D eigenvalue weighted by Gasteiger charge is 2.09. The number of thiazole rings is 1. The molecule has 0 saturated carbocycles. The molecule has 0 radical (unpaired) electrons. The van der Waals surface area contributed by atoms with Crippen LogP contribution in [0.4, 0.5) is 4.39 Å². The zero-order valence-electron chi connectivity index (χ0n) is 7.57. The molecule has 0 fully saturated rings. The third-order valence-electron chi connectivity index (χ3n) is 1.46. The summed E-state index contributed by atoms with van der Waals surface area (Å²) < 4.78 is 13.5. The molecule has 0 aliphatic rings. The summed E-state index contributed by atoms with van der Waals surface area (Å²) in [4.78, 5) is 11.2. The van der Waals surface area contributed by atoms with Gasteiger partial charge >= 0.3 is 6.08 Å². The molecule has 78 valence electrons. The average molecular weight is 262 g/mol. The number of nitrogens with zero attached hydrogens (tertiary/aromatic N) is 3. The monoisotopic (exact) mass is 261 g/mol. The van der Waals surface area contributed by atoms with Crippen molar-refractivity contribution in [3.8, 4) is 0 Å².